The van der Waals surface area contributed by atoms with Crippen LogP contribution in [-0.4, -0.2) is 25.3 Å². The highest BCUT2D eigenvalue weighted by molar-refractivity contribution is 5.91. The Kier molecular flexibility index (Phi) is 5.17. The first kappa shape index (κ1) is 19.6. The molecule has 0 spiro atoms. The zero-order valence-corrected chi connectivity index (χ0v) is 16.9. The number of nitrogens with zero attached hydrogens (tertiary/aromatic N) is 4. The molecule has 0 aliphatic heterocycles. The number of imidazole rings is 1. The summed E-state index contributed by atoms with van der Waals surface area (Å²) in [6, 6.07) is 15.6. The van der Waals surface area contributed by atoms with E-state index in [9.17, 15) is 9.18 Å². The summed E-state index contributed by atoms with van der Waals surface area (Å²) in [6.07, 6.45) is 7.47. The molecule has 5 rings (SSSR count). The third-order valence-corrected chi connectivity index (χ3v) is 4.96. The largest absolute Gasteiger partial charge is 0.441 e. The van der Waals surface area contributed by atoms with Crippen molar-refractivity contribution in [2.24, 2.45) is 0 Å². The summed E-state index contributed by atoms with van der Waals surface area (Å²) in [5.74, 6) is 0.812. The number of anilines is 1. The second-order valence-electron chi connectivity index (χ2n) is 7.18. The topological polar surface area (TPSA) is 85.3 Å². The van der Waals surface area contributed by atoms with Gasteiger partial charge in [0.2, 0.25) is 11.7 Å². The molecule has 1 N–H and O–H groups in total. The molecule has 2 aromatic carbocycles. The summed E-state index contributed by atoms with van der Waals surface area (Å²) < 4.78 is 21.3. The lowest BCUT2D eigenvalue weighted by atomic mass is 10.1. The molecule has 0 radical (unpaired) electrons. The number of fused-ring (bicyclic) bond motifs is 1. The van der Waals surface area contributed by atoms with Gasteiger partial charge < -0.3 is 9.73 Å². The van der Waals surface area contributed by atoms with Crippen LogP contribution in [0.5, 0.6) is 0 Å². The Morgan fingerprint density at radius 3 is 2.72 bits per heavy atom. The van der Waals surface area contributed by atoms with Gasteiger partial charge in [0.05, 0.1) is 17.5 Å². The second kappa shape index (κ2) is 8.43. The summed E-state index contributed by atoms with van der Waals surface area (Å²) in [4.78, 5) is 25.2. The first-order chi connectivity index (χ1) is 15.7. The van der Waals surface area contributed by atoms with Crippen molar-refractivity contribution < 1.29 is 13.6 Å². The molecule has 158 valence electrons. The van der Waals surface area contributed by atoms with E-state index in [0.717, 1.165) is 11.3 Å². The van der Waals surface area contributed by atoms with Gasteiger partial charge in [0, 0.05) is 42.7 Å². The number of halogens is 1. The summed E-state index contributed by atoms with van der Waals surface area (Å²) in [5, 5.41) is 2.86. The minimum atomic E-state index is -0.378. The van der Waals surface area contributed by atoms with Crippen LogP contribution in [0.15, 0.2) is 83.8 Å². The number of nitrogens with one attached hydrogen (secondary N) is 1. The quantitative estimate of drug-likeness (QED) is 0.422. The molecule has 3 heterocycles. The molecule has 1 amide bonds. The van der Waals surface area contributed by atoms with Crippen LogP contribution >= 0.6 is 0 Å². The average molecular weight is 427 g/mol. The number of oxazole rings is 1. The number of hydrogen-bond donors (Lipinski definition) is 1. The Balaban J connectivity index is 1.19. The van der Waals surface area contributed by atoms with Gasteiger partial charge in [-0.1, -0.05) is 24.3 Å². The summed E-state index contributed by atoms with van der Waals surface area (Å²) in [6.45, 7) is 0. The third-order valence-electron chi connectivity index (χ3n) is 4.96. The van der Waals surface area contributed by atoms with E-state index < -0.39 is 0 Å². The monoisotopic (exact) mass is 427 g/mol. The van der Waals surface area contributed by atoms with Crippen molar-refractivity contribution in [3.05, 3.63) is 91.1 Å². The van der Waals surface area contributed by atoms with Gasteiger partial charge in [-0.15, -0.1) is 0 Å². The Morgan fingerprint density at radius 2 is 1.91 bits per heavy atom. The van der Waals surface area contributed by atoms with Gasteiger partial charge in [0.1, 0.15) is 5.82 Å². The van der Waals surface area contributed by atoms with Gasteiger partial charge in [-0.2, -0.15) is 0 Å². The highest BCUT2D eigenvalue weighted by Gasteiger charge is 2.12. The molecule has 32 heavy (non-hydrogen) atoms. The number of hydrogen-bond acceptors (Lipinski definition) is 5. The molecular weight excluding hydrogens is 409 g/mol. The molecule has 7 nitrogen and oxygen atoms in total. The van der Waals surface area contributed by atoms with Gasteiger partial charge in [0.25, 0.3) is 0 Å². The van der Waals surface area contributed by atoms with Gasteiger partial charge in [-0.3, -0.25) is 9.20 Å². The fourth-order valence-corrected chi connectivity index (χ4v) is 3.35. The second-order valence-corrected chi connectivity index (χ2v) is 7.18. The molecule has 0 unspecified atom stereocenters. The molecule has 0 saturated heterocycles. The van der Waals surface area contributed by atoms with Crippen LogP contribution in [0.2, 0.25) is 0 Å². The van der Waals surface area contributed by atoms with Crippen molar-refractivity contribution in [1.82, 2.24) is 19.4 Å². The number of benzene rings is 2. The van der Waals surface area contributed by atoms with E-state index in [0.29, 0.717) is 35.1 Å². The summed E-state index contributed by atoms with van der Waals surface area (Å²) >= 11 is 0. The molecule has 0 bridgehead atoms. The zero-order chi connectivity index (χ0) is 21.9. The molecule has 5 aromatic rings. The molecule has 0 fully saturated rings. The van der Waals surface area contributed by atoms with Crippen molar-refractivity contribution in [3.8, 4) is 22.6 Å². The van der Waals surface area contributed by atoms with E-state index in [1.807, 2.05) is 47.1 Å². The lowest BCUT2D eigenvalue weighted by Crippen LogP contribution is -2.12. The highest BCUT2D eigenvalue weighted by atomic mass is 19.1. The number of amides is 1. The van der Waals surface area contributed by atoms with E-state index in [1.54, 1.807) is 24.4 Å². The number of carbonyl (C=O) groups is 1. The summed E-state index contributed by atoms with van der Waals surface area (Å²) in [5.41, 5.74) is 2.75. The number of aryl methyl sites for hydroxylation is 1. The smallest absolute Gasteiger partial charge is 0.234 e. The van der Waals surface area contributed by atoms with Crippen LogP contribution in [0.4, 0.5) is 10.1 Å². The SMILES string of the molecule is O=C(CCc1ncc(-c2ccccc2F)o1)Nc1ccc(-c2cn3cccnc3n2)cc1. The fourth-order valence-electron chi connectivity index (χ4n) is 3.35. The maximum atomic E-state index is 13.9. The molecular formula is C24H18FN5O2. The standard InChI is InChI=1S/C24H18FN5O2/c25-19-5-2-1-4-18(19)21-14-27-23(32-21)11-10-22(31)28-17-8-6-16(7-9-17)20-15-30-13-3-12-26-24(30)29-20/h1-9,12-15H,10-11H2,(H,28,31). The minimum Gasteiger partial charge on any atom is -0.441 e. The Labute approximate surface area is 182 Å². The van der Waals surface area contributed by atoms with Gasteiger partial charge in [-0.05, 0) is 30.3 Å². The van der Waals surface area contributed by atoms with Crippen LogP contribution in [0.25, 0.3) is 28.4 Å². The van der Waals surface area contributed by atoms with Crippen LogP contribution in [0.1, 0.15) is 12.3 Å². The Hall–Kier alpha value is -4.33. The van der Waals surface area contributed by atoms with Crippen LogP contribution in [0.3, 0.4) is 0 Å². The first-order valence-electron chi connectivity index (χ1n) is 10.1. The average Bonchev–Trinajstić information content (AvgIpc) is 3.46. The molecule has 0 aliphatic rings. The van der Waals surface area contributed by atoms with Crippen molar-refractivity contribution in [3.63, 3.8) is 0 Å². The third kappa shape index (κ3) is 4.11. The minimum absolute atomic E-state index is 0.166. The van der Waals surface area contributed by atoms with Crippen molar-refractivity contribution in [1.29, 1.82) is 0 Å². The number of carbonyl (C=O) groups excluding carboxylic acids is 1. The molecule has 0 atom stereocenters. The highest BCUT2D eigenvalue weighted by Crippen LogP contribution is 2.24. The maximum absolute atomic E-state index is 13.9. The van der Waals surface area contributed by atoms with Gasteiger partial charge in [-0.25, -0.2) is 19.3 Å². The van der Waals surface area contributed by atoms with Crippen molar-refractivity contribution in [2.75, 3.05) is 5.32 Å². The molecule has 0 saturated carbocycles. The first-order valence-corrected chi connectivity index (χ1v) is 10.1. The summed E-state index contributed by atoms with van der Waals surface area (Å²) in [7, 11) is 0. The Morgan fingerprint density at radius 1 is 1.06 bits per heavy atom. The van der Waals surface area contributed by atoms with Crippen LogP contribution < -0.4 is 5.32 Å². The predicted molar refractivity (Wildman–Crippen MR) is 117 cm³/mol. The van der Waals surface area contributed by atoms with Crippen molar-refractivity contribution >= 4 is 17.4 Å². The van der Waals surface area contributed by atoms with Gasteiger partial charge >= 0.3 is 0 Å². The number of aromatic nitrogens is 4. The van der Waals surface area contributed by atoms with Crippen LogP contribution in [0, 0.1) is 5.82 Å². The van der Waals surface area contributed by atoms with Gasteiger partial charge in [0.15, 0.2) is 11.7 Å². The molecule has 3 aromatic heterocycles. The lowest BCUT2D eigenvalue weighted by Gasteiger charge is -2.05. The number of rotatable bonds is 6. The normalized spacial score (nSPS) is 11.0. The van der Waals surface area contributed by atoms with E-state index >= 15 is 0 Å². The Bertz CT molecular complexity index is 1360. The zero-order valence-electron chi connectivity index (χ0n) is 16.9. The van der Waals surface area contributed by atoms with E-state index in [-0.39, 0.29) is 18.1 Å². The molecule has 8 heteroatoms. The fraction of sp³-hybridized carbons (Fsp3) is 0.0833. The molecule has 0 aliphatic carbocycles. The van der Waals surface area contributed by atoms with E-state index in [4.69, 9.17) is 4.42 Å². The van der Waals surface area contributed by atoms with E-state index in [1.165, 1.54) is 12.3 Å². The lowest BCUT2D eigenvalue weighted by molar-refractivity contribution is -0.116. The predicted octanol–water partition coefficient (Wildman–Crippen LogP) is 4.76. The van der Waals surface area contributed by atoms with E-state index in [2.05, 4.69) is 20.3 Å². The van der Waals surface area contributed by atoms with Crippen molar-refractivity contribution in [2.45, 2.75) is 12.8 Å². The van der Waals surface area contributed by atoms with Crippen LogP contribution in [-0.2, 0) is 11.2 Å². The maximum Gasteiger partial charge on any atom is 0.234 e.